The Balaban J connectivity index is 1.70. The fourth-order valence-corrected chi connectivity index (χ4v) is 2.88. The first-order valence-corrected chi connectivity index (χ1v) is 8.77. The highest BCUT2D eigenvalue weighted by Crippen LogP contribution is 2.29. The van der Waals surface area contributed by atoms with E-state index in [1.54, 1.807) is 20.0 Å². The van der Waals surface area contributed by atoms with E-state index in [2.05, 4.69) is 30.5 Å². The van der Waals surface area contributed by atoms with Gasteiger partial charge in [-0.05, 0) is 26.3 Å². The van der Waals surface area contributed by atoms with Crippen LogP contribution in [0.15, 0.2) is 30.6 Å². The molecule has 4 aromatic rings. The summed E-state index contributed by atoms with van der Waals surface area (Å²) in [5.41, 5.74) is 3.37. The van der Waals surface area contributed by atoms with Gasteiger partial charge in [-0.1, -0.05) is 18.2 Å². The minimum absolute atomic E-state index is 0.216. The van der Waals surface area contributed by atoms with Crippen LogP contribution in [-0.2, 0) is 0 Å². The second-order valence-electron chi connectivity index (χ2n) is 7.23. The second-order valence-corrected chi connectivity index (χ2v) is 7.23. The number of nitrogens with one attached hydrogen (secondary N) is 3. The molecule has 9 nitrogen and oxygen atoms in total. The van der Waals surface area contributed by atoms with Crippen LogP contribution in [0.3, 0.4) is 0 Å². The zero-order valence-electron chi connectivity index (χ0n) is 15.7. The minimum Gasteiger partial charge on any atom is -0.406 e. The Bertz CT molecular complexity index is 1180. The predicted octanol–water partition coefficient (Wildman–Crippen LogP) is 2.67. The number of hydrogen-bond acceptors (Lipinski definition) is 6. The van der Waals surface area contributed by atoms with E-state index in [1.807, 2.05) is 25.1 Å². The van der Waals surface area contributed by atoms with Crippen molar-refractivity contribution in [2.45, 2.75) is 26.3 Å². The van der Waals surface area contributed by atoms with E-state index in [1.165, 1.54) is 6.20 Å². The zero-order chi connectivity index (χ0) is 19.9. The number of hydrogen-bond donors (Lipinski definition) is 4. The van der Waals surface area contributed by atoms with Gasteiger partial charge in [-0.15, -0.1) is 0 Å². The van der Waals surface area contributed by atoms with Gasteiger partial charge in [-0.2, -0.15) is 5.10 Å². The molecule has 4 rings (SSSR count). The SMILES string of the molecule is Cc1cccc2c(-c3cnc4[nH]cc(OC(=O)NC(C)(C)CO)c4n3)[nH]nc12. The first kappa shape index (κ1) is 17.9. The number of carbonyl (C=O) groups is 1. The number of aromatic nitrogens is 5. The van der Waals surface area contributed by atoms with Gasteiger partial charge in [0.25, 0.3) is 0 Å². The van der Waals surface area contributed by atoms with Gasteiger partial charge in [0.15, 0.2) is 16.9 Å². The average Bonchev–Trinajstić information content (AvgIpc) is 3.26. The molecule has 0 saturated heterocycles. The van der Waals surface area contributed by atoms with Crippen LogP contribution in [0, 0.1) is 6.92 Å². The molecule has 0 fully saturated rings. The maximum Gasteiger partial charge on any atom is 0.413 e. The van der Waals surface area contributed by atoms with E-state index >= 15 is 0 Å². The molecule has 144 valence electrons. The Morgan fingerprint density at radius 2 is 2.14 bits per heavy atom. The second kappa shape index (κ2) is 6.61. The van der Waals surface area contributed by atoms with Crippen molar-refractivity contribution in [3.63, 3.8) is 0 Å². The van der Waals surface area contributed by atoms with Crippen molar-refractivity contribution in [3.8, 4) is 17.1 Å². The third-order valence-electron chi connectivity index (χ3n) is 4.43. The average molecular weight is 380 g/mol. The maximum absolute atomic E-state index is 12.1. The molecule has 0 unspecified atom stereocenters. The van der Waals surface area contributed by atoms with E-state index in [0.29, 0.717) is 16.9 Å². The third-order valence-corrected chi connectivity index (χ3v) is 4.43. The van der Waals surface area contributed by atoms with E-state index in [-0.39, 0.29) is 12.4 Å². The Kier molecular flexibility index (Phi) is 4.23. The molecule has 4 N–H and O–H groups in total. The molecular formula is C19H20N6O3. The summed E-state index contributed by atoms with van der Waals surface area (Å²) in [6.45, 7) is 5.15. The molecule has 0 bridgehead atoms. The van der Waals surface area contributed by atoms with Gasteiger partial charge in [-0.3, -0.25) is 5.10 Å². The van der Waals surface area contributed by atoms with Crippen molar-refractivity contribution >= 4 is 28.2 Å². The van der Waals surface area contributed by atoms with Crippen LogP contribution in [-0.4, -0.2) is 48.5 Å². The van der Waals surface area contributed by atoms with Gasteiger partial charge in [0.1, 0.15) is 5.69 Å². The van der Waals surface area contributed by atoms with E-state index < -0.39 is 11.6 Å². The van der Waals surface area contributed by atoms with Crippen molar-refractivity contribution in [2.75, 3.05) is 6.61 Å². The highest BCUT2D eigenvalue weighted by atomic mass is 16.6. The van der Waals surface area contributed by atoms with Gasteiger partial charge in [-0.25, -0.2) is 14.8 Å². The smallest absolute Gasteiger partial charge is 0.406 e. The van der Waals surface area contributed by atoms with Crippen molar-refractivity contribution in [1.29, 1.82) is 0 Å². The molecule has 1 aromatic carbocycles. The molecule has 3 heterocycles. The first-order chi connectivity index (χ1) is 13.4. The number of nitrogens with zero attached hydrogens (tertiary/aromatic N) is 3. The van der Waals surface area contributed by atoms with Crippen LogP contribution in [0.1, 0.15) is 19.4 Å². The molecular weight excluding hydrogens is 360 g/mol. The number of rotatable bonds is 4. The summed E-state index contributed by atoms with van der Waals surface area (Å²) in [5.74, 6) is 0.246. The molecule has 0 atom stereocenters. The van der Waals surface area contributed by atoms with Crippen molar-refractivity contribution in [1.82, 2.24) is 30.5 Å². The van der Waals surface area contributed by atoms with Crippen LogP contribution >= 0.6 is 0 Å². The van der Waals surface area contributed by atoms with E-state index in [0.717, 1.165) is 22.2 Å². The molecule has 0 saturated carbocycles. The van der Waals surface area contributed by atoms with Gasteiger partial charge < -0.3 is 20.1 Å². The summed E-state index contributed by atoms with van der Waals surface area (Å²) in [4.78, 5) is 24.0. The Morgan fingerprint density at radius 1 is 1.32 bits per heavy atom. The summed E-state index contributed by atoms with van der Waals surface area (Å²) in [6, 6.07) is 5.92. The minimum atomic E-state index is -0.799. The lowest BCUT2D eigenvalue weighted by molar-refractivity contribution is 0.159. The molecule has 9 heteroatoms. The first-order valence-electron chi connectivity index (χ1n) is 8.77. The van der Waals surface area contributed by atoms with Crippen LogP contribution in [0.5, 0.6) is 5.75 Å². The molecule has 3 aromatic heterocycles. The Labute approximate surface area is 160 Å². The quantitative estimate of drug-likeness (QED) is 0.431. The van der Waals surface area contributed by atoms with Gasteiger partial charge in [0.05, 0.1) is 29.6 Å². The monoisotopic (exact) mass is 380 g/mol. The highest BCUT2D eigenvalue weighted by molar-refractivity contribution is 5.94. The molecule has 28 heavy (non-hydrogen) atoms. The van der Waals surface area contributed by atoms with Crippen molar-refractivity contribution in [3.05, 3.63) is 36.2 Å². The lowest BCUT2D eigenvalue weighted by Gasteiger charge is -2.22. The van der Waals surface area contributed by atoms with Crippen LogP contribution in [0.2, 0.25) is 0 Å². The zero-order valence-corrected chi connectivity index (χ0v) is 15.7. The lowest BCUT2D eigenvalue weighted by Crippen LogP contribution is -2.47. The van der Waals surface area contributed by atoms with Crippen LogP contribution in [0.25, 0.3) is 33.5 Å². The number of fused-ring (bicyclic) bond motifs is 2. The standard InChI is InChI=1S/C19H20N6O3/c1-10-5-4-6-11-14(10)24-25-15(11)12-7-20-17-16(22-12)13(8-21-17)28-18(27)23-19(2,3)9-26/h4-8,26H,9H2,1-3H3,(H,20,21)(H,23,27)(H,24,25). The van der Waals surface area contributed by atoms with E-state index in [4.69, 9.17) is 4.74 Å². The number of benzene rings is 1. The fraction of sp³-hybridized carbons (Fsp3) is 0.263. The van der Waals surface area contributed by atoms with Crippen LogP contribution < -0.4 is 10.1 Å². The topological polar surface area (TPSA) is 129 Å². The van der Waals surface area contributed by atoms with Crippen LogP contribution in [0.4, 0.5) is 4.79 Å². The van der Waals surface area contributed by atoms with Gasteiger partial charge >= 0.3 is 6.09 Å². The summed E-state index contributed by atoms with van der Waals surface area (Å²) in [7, 11) is 0. The van der Waals surface area contributed by atoms with Gasteiger partial charge in [0, 0.05) is 11.6 Å². The normalized spacial score (nSPS) is 11.9. The number of aliphatic hydroxyl groups is 1. The van der Waals surface area contributed by atoms with Crippen molar-refractivity contribution < 1.29 is 14.6 Å². The summed E-state index contributed by atoms with van der Waals surface area (Å²) < 4.78 is 5.36. The largest absolute Gasteiger partial charge is 0.413 e. The summed E-state index contributed by atoms with van der Waals surface area (Å²) in [6.07, 6.45) is 2.47. The molecule has 0 aliphatic heterocycles. The van der Waals surface area contributed by atoms with E-state index in [9.17, 15) is 9.90 Å². The molecule has 0 aliphatic rings. The molecule has 1 amide bonds. The Hall–Kier alpha value is -3.46. The van der Waals surface area contributed by atoms with Crippen molar-refractivity contribution in [2.24, 2.45) is 0 Å². The highest BCUT2D eigenvalue weighted by Gasteiger charge is 2.22. The Morgan fingerprint density at radius 3 is 2.93 bits per heavy atom. The number of carbonyl (C=O) groups excluding carboxylic acids is 1. The number of para-hydroxylation sites is 1. The number of aryl methyl sites for hydroxylation is 1. The number of amides is 1. The number of aliphatic hydroxyl groups excluding tert-OH is 1. The predicted molar refractivity (Wildman–Crippen MR) is 104 cm³/mol. The molecule has 0 radical (unpaired) electrons. The third kappa shape index (κ3) is 3.16. The fourth-order valence-electron chi connectivity index (χ4n) is 2.88. The molecule has 0 spiro atoms. The maximum atomic E-state index is 12.1. The molecule has 0 aliphatic carbocycles. The number of aromatic amines is 2. The van der Waals surface area contributed by atoms with Gasteiger partial charge in [0.2, 0.25) is 0 Å². The lowest BCUT2D eigenvalue weighted by atomic mass is 10.1. The summed E-state index contributed by atoms with van der Waals surface area (Å²) in [5, 5.41) is 20.2. The number of H-pyrrole nitrogens is 2. The number of ether oxygens (including phenoxy) is 1. The summed E-state index contributed by atoms with van der Waals surface area (Å²) >= 11 is 0.